The summed E-state index contributed by atoms with van der Waals surface area (Å²) >= 11 is 1.67. The minimum absolute atomic E-state index is 0.0439. The van der Waals surface area contributed by atoms with E-state index in [1.807, 2.05) is 17.5 Å². The molecule has 1 nitrogen and oxygen atoms in total. The zero-order chi connectivity index (χ0) is 19.4. The summed E-state index contributed by atoms with van der Waals surface area (Å²) in [6, 6.07) is 21.4. The summed E-state index contributed by atoms with van der Waals surface area (Å²) in [7, 11) is 0. The van der Waals surface area contributed by atoms with Gasteiger partial charge in [0.05, 0.1) is 0 Å². The van der Waals surface area contributed by atoms with E-state index in [1.165, 1.54) is 37.4 Å². The van der Waals surface area contributed by atoms with Crippen LogP contribution in [0.4, 0.5) is 0 Å². The predicted octanol–water partition coefficient (Wildman–Crippen LogP) is 5.13. The number of hydrogen-bond donors (Lipinski definition) is 0. The molecule has 6 rings (SSSR count). The van der Waals surface area contributed by atoms with Gasteiger partial charge in [0.15, 0.2) is 5.78 Å². The highest BCUT2D eigenvalue weighted by molar-refractivity contribution is 7.17. The van der Waals surface area contributed by atoms with Crippen LogP contribution in [0.1, 0.15) is 27.9 Å². The predicted molar refractivity (Wildman–Crippen MR) is 122 cm³/mol. The number of rotatable bonds is 2. The summed E-state index contributed by atoms with van der Waals surface area (Å²) in [4.78, 5) is 13.4. The molecule has 0 bridgehead atoms. The summed E-state index contributed by atoms with van der Waals surface area (Å²) in [5.41, 5.74) is 6.27. The van der Waals surface area contributed by atoms with Crippen LogP contribution in [0.2, 0.25) is 0 Å². The fourth-order valence-corrected chi connectivity index (χ4v) is 5.84. The number of carbonyl (C=O) groups is 1. The summed E-state index contributed by atoms with van der Waals surface area (Å²) < 4.78 is 1.19. The highest BCUT2D eigenvalue weighted by Gasteiger charge is 2.24. The summed E-state index contributed by atoms with van der Waals surface area (Å²) in [6.45, 7) is 0. The standard InChI is InChI=1S/C27H20OS/c28-27(25-16-29-26-8-4-3-7-23(25)26)19-10-9-18-12-13-21-20-6-2-1-5-17(20)11-14-22(21)24(18)15-19/h1-8,12-16,19H,9-11H2. The number of ketones is 1. The number of fused-ring (bicyclic) bond motifs is 6. The second-order valence-electron chi connectivity index (χ2n) is 7.99. The molecule has 2 aliphatic rings. The lowest BCUT2D eigenvalue weighted by molar-refractivity contribution is 0.0949. The molecule has 29 heavy (non-hydrogen) atoms. The number of benzene rings is 3. The first-order valence-corrected chi connectivity index (χ1v) is 11.1. The third-order valence-electron chi connectivity index (χ3n) is 6.39. The molecule has 140 valence electrons. The monoisotopic (exact) mass is 392 g/mol. The van der Waals surface area contributed by atoms with Crippen LogP contribution in [0, 0.1) is 5.92 Å². The molecule has 0 fully saturated rings. The minimum atomic E-state index is -0.0439. The van der Waals surface area contributed by atoms with Gasteiger partial charge in [-0.25, -0.2) is 0 Å². The van der Waals surface area contributed by atoms with Crippen LogP contribution in [0.15, 0.2) is 66.0 Å². The minimum Gasteiger partial charge on any atom is -0.293 e. The second-order valence-corrected chi connectivity index (χ2v) is 8.90. The van der Waals surface area contributed by atoms with Crippen molar-refractivity contribution in [1.29, 1.82) is 0 Å². The van der Waals surface area contributed by atoms with Crippen molar-refractivity contribution < 1.29 is 4.79 Å². The van der Waals surface area contributed by atoms with E-state index in [1.54, 1.807) is 11.3 Å². The van der Waals surface area contributed by atoms with Gasteiger partial charge in [-0.3, -0.25) is 4.79 Å². The van der Waals surface area contributed by atoms with Crippen LogP contribution in [0.25, 0.3) is 33.4 Å². The average molecular weight is 393 g/mol. The van der Waals surface area contributed by atoms with E-state index in [0.717, 1.165) is 30.2 Å². The van der Waals surface area contributed by atoms with E-state index in [-0.39, 0.29) is 11.7 Å². The lowest BCUT2D eigenvalue weighted by Gasteiger charge is -2.21. The fourth-order valence-electron chi connectivity index (χ4n) is 4.89. The van der Waals surface area contributed by atoms with E-state index >= 15 is 0 Å². The lowest BCUT2D eigenvalue weighted by atomic mass is 9.82. The van der Waals surface area contributed by atoms with Crippen molar-refractivity contribution in [2.24, 2.45) is 5.92 Å². The molecule has 0 aliphatic heterocycles. The molecule has 0 radical (unpaired) electrons. The Balaban J connectivity index is 1.49. The second kappa shape index (κ2) is 6.53. The van der Waals surface area contributed by atoms with Gasteiger partial charge in [0.1, 0.15) is 0 Å². The summed E-state index contributed by atoms with van der Waals surface area (Å²) in [6.07, 6.45) is 7.41. The summed E-state index contributed by atoms with van der Waals surface area (Å²) in [5, 5.41) is 5.73. The molecular weight excluding hydrogens is 372 g/mol. The number of Topliss-reactive ketones (excluding diaryl/α,β-unsaturated/α-hetero) is 1. The Hall–Kier alpha value is -2.97. The van der Waals surface area contributed by atoms with Gasteiger partial charge in [0, 0.05) is 26.9 Å². The molecule has 4 aromatic rings. The van der Waals surface area contributed by atoms with E-state index in [0.29, 0.717) is 0 Å². The van der Waals surface area contributed by atoms with Gasteiger partial charge in [-0.15, -0.1) is 11.3 Å². The molecule has 1 heterocycles. The van der Waals surface area contributed by atoms with E-state index < -0.39 is 0 Å². The molecule has 0 N–H and O–H groups in total. The van der Waals surface area contributed by atoms with Crippen LogP contribution >= 0.6 is 11.3 Å². The number of aryl methyl sites for hydroxylation is 1. The Morgan fingerprint density at radius 1 is 0.862 bits per heavy atom. The van der Waals surface area contributed by atoms with Gasteiger partial charge in [-0.05, 0) is 58.0 Å². The first-order chi connectivity index (χ1) is 14.3. The quantitative estimate of drug-likeness (QED) is 0.432. The first kappa shape index (κ1) is 16.9. The van der Waals surface area contributed by atoms with Gasteiger partial charge >= 0.3 is 0 Å². The maximum atomic E-state index is 13.4. The van der Waals surface area contributed by atoms with Crippen LogP contribution in [-0.4, -0.2) is 5.78 Å². The van der Waals surface area contributed by atoms with Gasteiger partial charge in [-0.2, -0.15) is 0 Å². The van der Waals surface area contributed by atoms with Crippen molar-refractivity contribution >= 4 is 39.4 Å². The molecule has 0 saturated carbocycles. The Labute approximate surface area is 173 Å². The number of hydrogen-bond acceptors (Lipinski definition) is 2. The van der Waals surface area contributed by atoms with Gasteiger partial charge < -0.3 is 0 Å². The Morgan fingerprint density at radius 2 is 1.72 bits per heavy atom. The van der Waals surface area contributed by atoms with Gasteiger partial charge in [0.25, 0.3) is 0 Å². The number of thiophene rings is 1. The first-order valence-electron chi connectivity index (χ1n) is 10.2. The molecule has 0 saturated heterocycles. The lowest BCUT2D eigenvalue weighted by Crippen LogP contribution is -2.37. The SMILES string of the molecule is O=C(c1csc2ccccc12)C1C=c2c(ccc3c2=CCc2ccccc2-3)CC1. The van der Waals surface area contributed by atoms with Crippen LogP contribution in [0.3, 0.4) is 0 Å². The largest absolute Gasteiger partial charge is 0.293 e. The Kier molecular flexibility index (Phi) is 3.82. The third-order valence-corrected chi connectivity index (χ3v) is 7.35. The van der Waals surface area contributed by atoms with Gasteiger partial charge in [0.2, 0.25) is 0 Å². The van der Waals surface area contributed by atoms with Crippen molar-refractivity contribution in [2.75, 3.05) is 0 Å². The van der Waals surface area contributed by atoms with Crippen LogP contribution < -0.4 is 10.4 Å². The topological polar surface area (TPSA) is 17.1 Å². The maximum absolute atomic E-state index is 13.4. The van der Waals surface area contributed by atoms with E-state index in [2.05, 4.69) is 60.7 Å². The molecular formula is C27H20OS. The van der Waals surface area contributed by atoms with E-state index in [4.69, 9.17) is 0 Å². The molecule has 2 aliphatic carbocycles. The molecule has 2 heteroatoms. The van der Waals surface area contributed by atoms with Crippen molar-refractivity contribution in [3.8, 4) is 11.1 Å². The van der Waals surface area contributed by atoms with Crippen molar-refractivity contribution in [2.45, 2.75) is 19.3 Å². The molecule has 0 amide bonds. The smallest absolute Gasteiger partial charge is 0.171 e. The number of carbonyl (C=O) groups excluding carboxylic acids is 1. The average Bonchev–Trinajstić information content (AvgIpc) is 3.22. The zero-order valence-corrected chi connectivity index (χ0v) is 16.8. The summed E-state index contributed by atoms with van der Waals surface area (Å²) in [5.74, 6) is 0.222. The third kappa shape index (κ3) is 2.63. The van der Waals surface area contributed by atoms with Crippen LogP contribution in [0.5, 0.6) is 0 Å². The van der Waals surface area contributed by atoms with Crippen molar-refractivity contribution in [3.63, 3.8) is 0 Å². The van der Waals surface area contributed by atoms with E-state index in [9.17, 15) is 4.79 Å². The maximum Gasteiger partial charge on any atom is 0.171 e. The Morgan fingerprint density at radius 3 is 2.69 bits per heavy atom. The van der Waals surface area contributed by atoms with Gasteiger partial charge in [-0.1, -0.05) is 66.7 Å². The molecule has 3 aromatic carbocycles. The highest BCUT2D eigenvalue weighted by atomic mass is 32.1. The van der Waals surface area contributed by atoms with Crippen LogP contribution in [-0.2, 0) is 12.8 Å². The van der Waals surface area contributed by atoms with Crippen molar-refractivity contribution in [1.82, 2.24) is 0 Å². The molecule has 1 aromatic heterocycles. The zero-order valence-electron chi connectivity index (χ0n) is 16.0. The Bertz CT molecular complexity index is 1410. The fraction of sp³-hybridized carbons (Fsp3) is 0.148. The molecule has 0 spiro atoms. The highest BCUT2D eigenvalue weighted by Crippen LogP contribution is 2.30. The molecule has 1 atom stereocenters. The molecule has 1 unspecified atom stereocenters. The van der Waals surface area contributed by atoms with Crippen molar-refractivity contribution in [3.05, 3.63) is 93.2 Å². The normalized spacial score (nSPS) is 16.9.